The summed E-state index contributed by atoms with van der Waals surface area (Å²) in [5.74, 6) is -2.29. The lowest BCUT2D eigenvalue weighted by Gasteiger charge is -2.18. The third kappa shape index (κ3) is 5.55. The third-order valence-corrected chi connectivity index (χ3v) is 3.98. The van der Waals surface area contributed by atoms with E-state index >= 15 is 0 Å². The number of nitrogens with one attached hydrogen (secondary N) is 1. The van der Waals surface area contributed by atoms with Gasteiger partial charge in [-0.1, -0.05) is 42.0 Å². The van der Waals surface area contributed by atoms with Crippen LogP contribution in [0.2, 0.25) is 0 Å². The first-order valence-electron chi connectivity index (χ1n) is 8.02. The molecule has 0 radical (unpaired) electrons. The summed E-state index contributed by atoms with van der Waals surface area (Å²) in [6, 6.07) is 9.20. The number of hydrogen-bond acceptors (Lipinski definition) is 3. The number of hydrogen-bond donors (Lipinski definition) is 3. The highest BCUT2D eigenvalue weighted by molar-refractivity contribution is 5.87. The molecule has 0 aliphatic rings. The second kappa shape index (κ2) is 8.22. The Bertz CT molecular complexity index is 801. The molecule has 8 heteroatoms. The van der Waals surface area contributed by atoms with Crippen LogP contribution in [0.5, 0.6) is 0 Å². The number of carbonyl (C=O) groups excluding carboxylic acids is 1. The molecule has 0 spiro atoms. The fourth-order valence-corrected chi connectivity index (χ4v) is 2.42. The molecule has 2 atom stereocenters. The zero-order valence-electron chi connectivity index (χ0n) is 14.3. The molecular formula is C19H18F3NO4. The molecule has 0 aliphatic heterocycles. The van der Waals surface area contributed by atoms with Gasteiger partial charge in [0.1, 0.15) is 6.04 Å². The van der Waals surface area contributed by atoms with E-state index < -0.39 is 35.8 Å². The molecule has 2 aromatic rings. The van der Waals surface area contributed by atoms with Gasteiger partial charge < -0.3 is 15.5 Å². The van der Waals surface area contributed by atoms with Crippen LogP contribution >= 0.6 is 0 Å². The normalized spacial score (nSPS) is 13.7. The maximum absolute atomic E-state index is 12.6. The average Bonchev–Trinajstić information content (AvgIpc) is 2.61. The van der Waals surface area contributed by atoms with Crippen molar-refractivity contribution in [3.05, 3.63) is 70.8 Å². The second-order valence-corrected chi connectivity index (χ2v) is 6.11. The lowest BCUT2D eigenvalue weighted by molar-refractivity contribution is -0.143. The first-order chi connectivity index (χ1) is 12.6. The van der Waals surface area contributed by atoms with E-state index in [0.29, 0.717) is 5.56 Å². The minimum absolute atomic E-state index is 0.00108. The average molecular weight is 381 g/mol. The van der Waals surface area contributed by atoms with Gasteiger partial charge in [0.05, 0.1) is 5.56 Å². The molecular weight excluding hydrogens is 363 g/mol. The predicted molar refractivity (Wildman–Crippen MR) is 90.9 cm³/mol. The third-order valence-electron chi connectivity index (χ3n) is 3.98. The Balaban J connectivity index is 2.07. The maximum Gasteiger partial charge on any atom is 0.416 e. The van der Waals surface area contributed by atoms with Crippen molar-refractivity contribution in [3.8, 4) is 0 Å². The quantitative estimate of drug-likeness (QED) is 0.718. The van der Waals surface area contributed by atoms with E-state index in [1.165, 1.54) is 0 Å². The number of carboxylic acids is 1. The smallest absolute Gasteiger partial charge is 0.416 e. The van der Waals surface area contributed by atoms with Crippen molar-refractivity contribution < 1.29 is 33.0 Å². The Morgan fingerprint density at radius 3 is 2.07 bits per heavy atom. The number of aliphatic carboxylic acids is 1. The lowest BCUT2D eigenvalue weighted by atomic mass is 10.0. The lowest BCUT2D eigenvalue weighted by Crippen LogP contribution is -2.44. The summed E-state index contributed by atoms with van der Waals surface area (Å²) in [4.78, 5) is 23.5. The van der Waals surface area contributed by atoms with Crippen LogP contribution in [0.1, 0.15) is 28.4 Å². The number of aliphatic hydroxyl groups is 1. The van der Waals surface area contributed by atoms with E-state index in [4.69, 9.17) is 0 Å². The Hall–Kier alpha value is -2.87. The number of aliphatic hydroxyl groups excluding tert-OH is 1. The summed E-state index contributed by atoms with van der Waals surface area (Å²) >= 11 is 0. The Morgan fingerprint density at radius 1 is 1.04 bits per heavy atom. The molecule has 0 saturated heterocycles. The highest BCUT2D eigenvalue weighted by atomic mass is 19.4. The van der Waals surface area contributed by atoms with Crippen LogP contribution in [0, 0.1) is 6.92 Å². The molecule has 3 N–H and O–H groups in total. The second-order valence-electron chi connectivity index (χ2n) is 6.11. The molecule has 0 saturated carbocycles. The van der Waals surface area contributed by atoms with Crippen LogP contribution in [0.15, 0.2) is 48.5 Å². The van der Waals surface area contributed by atoms with Crippen molar-refractivity contribution in [1.29, 1.82) is 0 Å². The molecule has 1 amide bonds. The summed E-state index contributed by atoms with van der Waals surface area (Å²) in [6.07, 6.45) is -6.32. The van der Waals surface area contributed by atoms with E-state index in [-0.39, 0.29) is 12.0 Å². The Morgan fingerprint density at radius 2 is 1.59 bits per heavy atom. The van der Waals surface area contributed by atoms with Crippen molar-refractivity contribution in [2.75, 3.05) is 0 Å². The number of carbonyl (C=O) groups is 2. The van der Waals surface area contributed by atoms with E-state index in [2.05, 4.69) is 5.32 Å². The Kier molecular flexibility index (Phi) is 6.22. The van der Waals surface area contributed by atoms with E-state index in [1.807, 2.05) is 6.92 Å². The van der Waals surface area contributed by atoms with Crippen LogP contribution in [0.4, 0.5) is 13.2 Å². The number of rotatable bonds is 6. The molecule has 0 fully saturated rings. The van der Waals surface area contributed by atoms with Crippen molar-refractivity contribution in [2.45, 2.75) is 31.7 Å². The summed E-state index contributed by atoms with van der Waals surface area (Å²) in [5.41, 5.74) is 0.686. The SMILES string of the molecule is Cc1ccc(C[C@H](NC(=O)[C@@H](O)c2ccc(C(F)(F)F)cc2)C(=O)O)cc1. The van der Waals surface area contributed by atoms with Crippen LogP contribution in [0.3, 0.4) is 0 Å². The van der Waals surface area contributed by atoms with Gasteiger partial charge in [-0.3, -0.25) is 4.79 Å². The highest BCUT2D eigenvalue weighted by Crippen LogP contribution is 2.30. The van der Waals surface area contributed by atoms with Crippen molar-refractivity contribution in [3.63, 3.8) is 0 Å². The fraction of sp³-hybridized carbons (Fsp3) is 0.263. The van der Waals surface area contributed by atoms with Crippen LogP contribution in [-0.2, 0) is 22.2 Å². The topological polar surface area (TPSA) is 86.6 Å². The molecule has 2 aromatic carbocycles. The molecule has 0 bridgehead atoms. The summed E-state index contributed by atoms with van der Waals surface area (Å²) in [7, 11) is 0. The molecule has 0 unspecified atom stereocenters. The minimum atomic E-state index is -4.53. The first-order valence-corrected chi connectivity index (χ1v) is 8.02. The molecule has 27 heavy (non-hydrogen) atoms. The van der Waals surface area contributed by atoms with Gasteiger partial charge in [-0.2, -0.15) is 13.2 Å². The van der Waals surface area contributed by atoms with E-state index in [9.17, 15) is 33.0 Å². The standard InChI is InChI=1S/C19H18F3NO4/c1-11-2-4-12(5-3-11)10-15(18(26)27)23-17(25)16(24)13-6-8-14(9-7-13)19(20,21)22/h2-9,15-16,24H,10H2,1H3,(H,23,25)(H,26,27)/t15-,16-/m0/s1. The number of halogens is 3. The van der Waals surface area contributed by atoms with Gasteiger partial charge in [0.2, 0.25) is 0 Å². The number of amides is 1. The predicted octanol–water partition coefficient (Wildman–Crippen LogP) is 2.86. The maximum atomic E-state index is 12.6. The largest absolute Gasteiger partial charge is 0.480 e. The van der Waals surface area contributed by atoms with Crippen molar-refractivity contribution in [1.82, 2.24) is 5.32 Å². The number of carboxylic acid groups (broad SMARTS) is 1. The van der Waals surface area contributed by atoms with Gasteiger partial charge in [0, 0.05) is 6.42 Å². The molecule has 2 rings (SSSR count). The summed E-state index contributed by atoms with van der Waals surface area (Å²) in [5, 5.41) is 21.5. The fourth-order valence-electron chi connectivity index (χ4n) is 2.42. The van der Waals surface area contributed by atoms with Crippen LogP contribution in [0.25, 0.3) is 0 Å². The Labute approximate surface area is 153 Å². The molecule has 144 valence electrons. The highest BCUT2D eigenvalue weighted by Gasteiger charge is 2.31. The molecule has 0 aromatic heterocycles. The zero-order chi connectivity index (χ0) is 20.2. The summed E-state index contributed by atoms with van der Waals surface area (Å²) < 4.78 is 37.7. The number of aryl methyl sites for hydroxylation is 1. The van der Waals surface area contributed by atoms with E-state index in [0.717, 1.165) is 29.8 Å². The summed E-state index contributed by atoms with van der Waals surface area (Å²) in [6.45, 7) is 1.88. The van der Waals surface area contributed by atoms with Gasteiger partial charge in [-0.25, -0.2) is 4.79 Å². The van der Waals surface area contributed by atoms with Gasteiger partial charge in [0.15, 0.2) is 6.10 Å². The van der Waals surface area contributed by atoms with Crippen molar-refractivity contribution in [2.24, 2.45) is 0 Å². The van der Waals surface area contributed by atoms with Gasteiger partial charge >= 0.3 is 12.1 Å². The molecule has 0 aliphatic carbocycles. The van der Waals surface area contributed by atoms with Gasteiger partial charge in [-0.15, -0.1) is 0 Å². The van der Waals surface area contributed by atoms with Crippen molar-refractivity contribution >= 4 is 11.9 Å². The van der Waals surface area contributed by atoms with Crippen LogP contribution < -0.4 is 5.32 Å². The minimum Gasteiger partial charge on any atom is -0.480 e. The monoisotopic (exact) mass is 381 g/mol. The molecule has 0 heterocycles. The van der Waals surface area contributed by atoms with Gasteiger partial charge in [0.25, 0.3) is 5.91 Å². The van der Waals surface area contributed by atoms with Crippen LogP contribution in [-0.4, -0.2) is 28.1 Å². The first kappa shape index (κ1) is 20.4. The zero-order valence-corrected chi connectivity index (χ0v) is 14.3. The molecule has 5 nitrogen and oxygen atoms in total. The van der Waals surface area contributed by atoms with Gasteiger partial charge in [-0.05, 0) is 30.2 Å². The number of alkyl halides is 3. The van der Waals surface area contributed by atoms with E-state index in [1.54, 1.807) is 24.3 Å². The number of benzene rings is 2.